The van der Waals surface area contributed by atoms with Crippen molar-refractivity contribution in [2.24, 2.45) is 51.2 Å². The van der Waals surface area contributed by atoms with E-state index in [1.54, 1.807) is 0 Å². The molecular weight excluding hydrogens is 514 g/mol. The van der Waals surface area contributed by atoms with Crippen LogP contribution in [0.25, 0.3) is 10.9 Å². The standard InChI is InChI=1S/C36H48ClNO2/c1-20(2)22-12-15-36(31(39)40)17-16-34(6)25(29(22)36)9-11-28-33(5)19-24-23-18-21(37)8-10-26(23)38-30(24)32(3,4)27(33)13-14-35(28,34)7/h8,10,18,22,25,27-29,38H,1,9,11-17,19H2,2-7H3,(H,39,40)/t22?,25?,27?,28?,29?,33-,34+,35+,36-/m0/s1. The van der Waals surface area contributed by atoms with Crippen LogP contribution in [0, 0.1) is 51.2 Å². The van der Waals surface area contributed by atoms with E-state index in [2.05, 4.69) is 65.2 Å². The summed E-state index contributed by atoms with van der Waals surface area (Å²) in [5.74, 6) is 1.74. The third-order valence-electron chi connectivity index (χ3n) is 14.7. The number of rotatable bonds is 2. The lowest BCUT2D eigenvalue weighted by Crippen LogP contribution is -2.66. The first-order valence-electron chi connectivity index (χ1n) is 15.9. The summed E-state index contributed by atoms with van der Waals surface area (Å²) in [5.41, 5.74) is 5.40. The van der Waals surface area contributed by atoms with Crippen LogP contribution in [-0.2, 0) is 16.6 Å². The molecule has 4 fully saturated rings. The maximum Gasteiger partial charge on any atom is 0.309 e. The van der Waals surface area contributed by atoms with Crippen molar-refractivity contribution in [3.05, 3.63) is 46.6 Å². The average molecular weight is 562 g/mol. The fourth-order valence-corrected chi connectivity index (χ4v) is 13.0. The second-order valence-corrected chi connectivity index (χ2v) is 16.7. The zero-order valence-electron chi connectivity index (χ0n) is 25.4. The van der Waals surface area contributed by atoms with Crippen LogP contribution in [-0.4, -0.2) is 16.1 Å². The molecule has 7 rings (SSSR count). The maximum absolute atomic E-state index is 13.0. The summed E-state index contributed by atoms with van der Waals surface area (Å²) in [7, 11) is 0. The van der Waals surface area contributed by atoms with Gasteiger partial charge in [0.15, 0.2) is 0 Å². The van der Waals surface area contributed by atoms with Gasteiger partial charge in [-0.05, 0) is 134 Å². The third kappa shape index (κ3) is 3.07. The van der Waals surface area contributed by atoms with Gasteiger partial charge in [0, 0.05) is 27.0 Å². The summed E-state index contributed by atoms with van der Waals surface area (Å²) >= 11 is 6.54. The molecule has 2 aromatic rings. The highest BCUT2D eigenvalue weighted by atomic mass is 35.5. The molecule has 2 N–H and O–H groups in total. The highest BCUT2D eigenvalue weighted by Crippen LogP contribution is 2.77. The molecule has 0 spiro atoms. The number of aliphatic carboxylic acids is 1. The summed E-state index contributed by atoms with van der Waals surface area (Å²) in [6.45, 7) is 19.4. The zero-order valence-corrected chi connectivity index (χ0v) is 26.2. The Bertz CT molecular complexity index is 1440. The van der Waals surface area contributed by atoms with E-state index in [0.29, 0.717) is 23.7 Å². The third-order valence-corrected chi connectivity index (χ3v) is 14.9. The summed E-state index contributed by atoms with van der Waals surface area (Å²) in [6.07, 6.45) is 9.69. The number of carboxylic acids is 1. The minimum atomic E-state index is -0.552. The van der Waals surface area contributed by atoms with Crippen LogP contribution in [0.3, 0.4) is 0 Å². The Morgan fingerprint density at radius 2 is 1.73 bits per heavy atom. The number of nitrogens with one attached hydrogen (secondary N) is 1. The van der Waals surface area contributed by atoms with E-state index in [-0.39, 0.29) is 27.6 Å². The number of fused-ring (bicyclic) bond motifs is 10. The van der Waals surface area contributed by atoms with Crippen LogP contribution < -0.4 is 0 Å². The molecule has 0 bridgehead atoms. The number of halogens is 1. The Balaban J connectivity index is 1.34. The maximum atomic E-state index is 13.0. The SMILES string of the molecule is C=C(C)C1CC[C@]2(C(=O)O)CC[C@]3(C)C(CCC4[C@@]5(C)Cc6c([nH]c7ccc(Cl)cc67)C(C)(C)C5CC[C@]43C)C12. The molecule has 0 saturated heterocycles. The molecule has 1 aromatic heterocycles. The van der Waals surface area contributed by atoms with Gasteiger partial charge in [0.2, 0.25) is 0 Å². The molecule has 5 aliphatic rings. The minimum absolute atomic E-state index is 0.0639. The average Bonchev–Trinajstić information content (AvgIpc) is 3.44. The number of benzene rings is 1. The molecule has 3 nitrogen and oxygen atoms in total. The monoisotopic (exact) mass is 561 g/mol. The Hall–Kier alpha value is -1.74. The molecule has 1 heterocycles. The van der Waals surface area contributed by atoms with Crippen molar-refractivity contribution in [2.45, 2.75) is 105 Å². The fourth-order valence-electron chi connectivity index (χ4n) is 12.8. The molecule has 1 aromatic carbocycles. The number of carbonyl (C=O) groups is 1. The van der Waals surface area contributed by atoms with Crippen molar-refractivity contribution in [2.75, 3.05) is 0 Å². The van der Waals surface area contributed by atoms with Gasteiger partial charge in [0.1, 0.15) is 0 Å². The van der Waals surface area contributed by atoms with E-state index < -0.39 is 11.4 Å². The van der Waals surface area contributed by atoms with Crippen molar-refractivity contribution in [3.8, 4) is 0 Å². The van der Waals surface area contributed by atoms with Crippen LogP contribution in [0.1, 0.15) is 104 Å². The number of hydrogen-bond donors (Lipinski definition) is 2. The van der Waals surface area contributed by atoms with Gasteiger partial charge < -0.3 is 10.1 Å². The Kier molecular flexibility index (Phi) is 5.56. The number of aromatic amines is 1. The Labute approximate surface area is 245 Å². The fraction of sp³-hybridized carbons (Fsp3) is 0.694. The van der Waals surface area contributed by atoms with Gasteiger partial charge in [-0.1, -0.05) is 58.4 Å². The van der Waals surface area contributed by atoms with Crippen LogP contribution in [0.4, 0.5) is 0 Å². The quantitative estimate of drug-likeness (QED) is 0.358. The van der Waals surface area contributed by atoms with Gasteiger partial charge in [-0.25, -0.2) is 0 Å². The molecule has 5 unspecified atom stereocenters. The van der Waals surface area contributed by atoms with Crippen molar-refractivity contribution >= 4 is 28.5 Å². The Morgan fingerprint density at radius 1 is 0.975 bits per heavy atom. The first-order chi connectivity index (χ1) is 18.7. The molecule has 4 saturated carbocycles. The highest BCUT2D eigenvalue weighted by Gasteiger charge is 2.72. The largest absolute Gasteiger partial charge is 0.481 e. The summed E-state index contributed by atoms with van der Waals surface area (Å²) in [6, 6.07) is 6.34. The van der Waals surface area contributed by atoms with Gasteiger partial charge in [-0.15, -0.1) is 0 Å². The molecular formula is C36H48ClNO2. The zero-order chi connectivity index (χ0) is 28.6. The summed E-state index contributed by atoms with van der Waals surface area (Å²) < 4.78 is 0. The predicted octanol–water partition coefficient (Wildman–Crippen LogP) is 9.58. The van der Waals surface area contributed by atoms with Gasteiger partial charge in [0.25, 0.3) is 0 Å². The van der Waals surface area contributed by atoms with E-state index in [9.17, 15) is 9.90 Å². The van der Waals surface area contributed by atoms with E-state index in [0.717, 1.165) is 43.5 Å². The van der Waals surface area contributed by atoms with Gasteiger partial charge in [-0.3, -0.25) is 4.79 Å². The number of aromatic nitrogens is 1. The molecule has 4 heteroatoms. The van der Waals surface area contributed by atoms with E-state index in [4.69, 9.17) is 11.6 Å². The number of carboxylic acid groups (broad SMARTS) is 1. The first-order valence-corrected chi connectivity index (χ1v) is 16.3. The molecule has 40 heavy (non-hydrogen) atoms. The minimum Gasteiger partial charge on any atom is -0.481 e. The topological polar surface area (TPSA) is 53.1 Å². The first kappa shape index (κ1) is 27.1. The summed E-state index contributed by atoms with van der Waals surface area (Å²) in [4.78, 5) is 16.8. The smallest absolute Gasteiger partial charge is 0.309 e. The van der Waals surface area contributed by atoms with Crippen LogP contribution in [0.2, 0.25) is 5.02 Å². The lowest BCUT2D eigenvalue weighted by Gasteiger charge is -2.72. The van der Waals surface area contributed by atoms with E-state index >= 15 is 0 Å². The van der Waals surface area contributed by atoms with Crippen LogP contribution >= 0.6 is 11.6 Å². The number of hydrogen-bond acceptors (Lipinski definition) is 1. The van der Waals surface area contributed by atoms with Crippen molar-refractivity contribution in [3.63, 3.8) is 0 Å². The van der Waals surface area contributed by atoms with Gasteiger partial charge in [0.05, 0.1) is 5.41 Å². The second-order valence-electron chi connectivity index (χ2n) is 16.2. The van der Waals surface area contributed by atoms with E-state index in [1.807, 2.05) is 6.07 Å². The van der Waals surface area contributed by atoms with Crippen molar-refractivity contribution in [1.29, 1.82) is 0 Å². The van der Waals surface area contributed by atoms with Crippen molar-refractivity contribution in [1.82, 2.24) is 4.98 Å². The lowest BCUT2D eigenvalue weighted by molar-refractivity contribution is -0.227. The summed E-state index contributed by atoms with van der Waals surface area (Å²) in [5, 5.41) is 12.8. The molecule has 0 radical (unpaired) electrons. The Morgan fingerprint density at radius 3 is 2.42 bits per heavy atom. The molecule has 5 aliphatic carbocycles. The number of allylic oxidation sites excluding steroid dienone is 1. The van der Waals surface area contributed by atoms with E-state index in [1.165, 1.54) is 47.0 Å². The van der Waals surface area contributed by atoms with Crippen molar-refractivity contribution < 1.29 is 9.90 Å². The molecule has 0 amide bonds. The normalized spacial score (nSPS) is 45.1. The highest BCUT2D eigenvalue weighted by molar-refractivity contribution is 6.31. The molecule has 0 aliphatic heterocycles. The predicted molar refractivity (Wildman–Crippen MR) is 164 cm³/mol. The lowest BCUT2D eigenvalue weighted by atomic mass is 9.32. The second kappa shape index (κ2) is 8.21. The van der Waals surface area contributed by atoms with Crippen LogP contribution in [0.5, 0.6) is 0 Å². The van der Waals surface area contributed by atoms with Gasteiger partial charge >= 0.3 is 5.97 Å². The molecule has 216 valence electrons. The number of H-pyrrole nitrogens is 1. The molecule has 9 atom stereocenters. The van der Waals surface area contributed by atoms with Gasteiger partial charge in [-0.2, -0.15) is 0 Å². The van der Waals surface area contributed by atoms with Crippen LogP contribution in [0.15, 0.2) is 30.4 Å².